The number of aromatic nitrogens is 2. The van der Waals surface area contributed by atoms with Crippen molar-refractivity contribution >= 4 is 112 Å². The van der Waals surface area contributed by atoms with E-state index in [4.69, 9.17) is 0 Å². The summed E-state index contributed by atoms with van der Waals surface area (Å²) < 4.78 is 4.93. The van der Waals surface area contributed by atoms with Crippen LogP contribution in [-0.2, 0) is 5.41 Å². The second kappa shape index (κ2) is 17.0. The average molecular weight is 1020 g/mol. The Kier molecular flexibility index (Phi) is 9.90. The van der Waals surface area contributed by atoms with E-state index in [9.17, 15) is 0 Å². The van der Waals surface area contributed by atoms with E-state index in [0.29, 0.717) is 0 Å². The molecule has 4 heterocycles. The smallest absolute Gasteiger partial charge is 0.247 e. The minimum absolute atomic E-state index is 0.0679. The van der Waals surface area contributed by atoms with Crippen molar-refractivity contribution in [2.45, 2.75) is 45.8 Å². The van der Waals surface area contributed by atoms with Gasteiger partial charge in [-0.05, 0) is 138 Å². The molecule has 14 aromatic rings. The van der Waals surface area contributed by atoms with Gasteiger partial charge in [-0.25, -0.2) is 0 Å². The molecular formula is C72H49BN2S2. The maximum absolute atomic E-state index is 2.52. The molecule has 2 nitrogen and oxygen atoms in total. The lowest BCUT2D eigenvalue weighted by Crippen LogP contribution is -2.58. The lowest BCUT2D eigenvalue weighted by Gasteiger charge is -2.34. The van der Waals surface area contributed by atoms with Crippen LogP contribution in [0.5, 0.6) is 0 Å². The summed E-state index contributed by atoms with van der Waals surface area (Å²) in [4.78, 5) is 5.25. The molecule has 0 bridgehead atoms. The zero-order valence-electron chi connectivity index (χ0n) is 42.9. The maximum atomic E-state index is 2.52. The molecule has 12 aromatic carbocycles. The van der Waals surface area contributed by atoms with Crippen molar-refractivity contribution in [3.63, 3.8) is 0 Å². The second-order valence-corrected chi connectivity index (χ2v) is 24.1. The molecule has 2 aliphatic heterocycles. The van der Waals surface area contributed by atoms with Crippen LogP contribution >= 0.6 is 23.5 Å². The van der Waals surface area contributed by atoms with Crippen molar-refractivity contribution in [3.8, 4) is 44.8 Å². The highest BCUT2D eigenvalue weighted by Gasteiger charge is 2.39. The summed E-state index contributed by atoms with van der Waals surface area (Å²) >= 11 is 3.88. The van der Waals surface area contributed by atoms with Crippen molar-refractivity contribution in [1.29, 1.82) is 0 Å². The number of para-hydroxylation sites is 4. The van der Waals surface area contributed by atoms with Crippen LogP contribution in [0.1, 0.15) is 26.3 Å². The van der Waals surface area contributed by atoms with Crippen molar-refractivity contribution in [2.24, 2.45) is 0 Å². The fourth-order valence-electron chi connectivity index (χ4n) is 13.0. The first kappa shape index (κ1) is 44.8. The van der Waals surface area contributed by atoms with Gasteiger partial charge in [0.1, 0.15) is 0 Å². The maximum Gasteiger partial charge on any atom is 0.247 e. The Morgan fingerprint density at radius 3 is 1.10 bits per heavy atom. The highest BCUT2D eigenvalue weighted by Crippen LogP contribution is 2.48. The minimum Gasteiger partial charge on any atom is -0.309 e. The molecule has 2 aliphatic rings. The lowest BCUT2D eigenvalue weighted by molar-refractivity contribution is 0.591. The van der Waals surface area contributed by atoms with E-state index in [1.807, 2.05) is 23.5 Å². The van der Waals surface area contributed by atoms with Crippen LogP contribution in [0.15, 0.2) is 262 Å². The third kappa shape index (κ3) is 6.86. The molecule has 0 radical (unpaired) electrons. The van der Waals surface area contributed by atoms with Crippen LogP contribution in [0.2, 0.25) is 0 Å². The Balaban J connectivity index is 0.922. The summed E-state index contributed by atoms with van der Waals surface area (Å²) in [6.45, 7) is 7.14. The van der Waals surface area contributed by atoms with Gasteiger partial charge in [-0.15, -0.1) is 0 Å². The molecule has 16 rings (SSSR count). The van der Waals surface area contributed by atoms with E-state index in [-0.39, 0.29) is 12.1 Å². The summed E-state index contributed by atoms with van der Waals surface area (Å²) in [7, 11) is 0. The summed E-state index contributed by atoms with van der Waals surface area (Å²) in [5, 5.41) is 10.2. The van der Waals surface area contributed by atoms with Gasteiger partial charge in [-0.1, -0.05) is 231 Å². The number of hydrogen-bond acceptors (Lipinski definition) is 2. The van der Waals surface area contributed by atoms with E-state index in [1.165, 1.54) is 151 Å². The third-order valence-electron chi connectivity index (χ3n) is 16.5. The molecule has 0 saturated heterocycles. The predicted octanol–water partition coefficient (Wildman–Crippen LogP) is 17.9. The Hall–Kier alpha value is -8.48. The van der Waals surface area contributed by atoms with E-state index < -0.39 is 0 Å². The molecule has 0 unspecified atom stereocenters. The quantitative estimate of drug-likeness (QED) is 0.126. The largest absolute Gasteiger partial charge is 0.309 e. The van der Waals surface area contributed by atoms with Crippen LogP contribution in [0, 0.1) is 0 Å². The monoisotopic (exact) mass is 1020 g/mol. The molecule has 0 saturated carbocycles. The number of rotatable bonds is 5. The van der Waals surface area contributed by atoms with Gasteiger partial charge >= 0.3 is 0 Å². The predicted molar refractivity (Wildman–Crippen MR) is 331 cm³/mol. The van der Waals surface area contributed by atoms with Crippen molar-refractivity contribution in [3.05, 3.63) is 248 Å². The number of fused-ring (bicyclic) bond motifs is 12. The molecular weight excluding hydrogens is 968 g/mol. The first-order valence-electron chi connectivity index (χ1n) is 26.8. The third-order valence-corrected chi connectivity index (χ3v) is 18.8. The van der Waals surface area contributed by atoms with Gasteiger partial charge in [0.05, 0.1) is 22.1 Å². The zero-order chi connectivity index (χ0) is 51.1. The minimum atomic E-state index is -0.109. The summed E-state index contributed by atoms with van der Waals surface area (Å²) in [5.74, 6) is 0. The lowest BCUT2D eigenvalue weighted by atomic mass is 9.36. The first-order chi connectivity index (χ1) is 37.8. The fraction of sp³-hybridized carbons (Fsp3) is 0.0556. The second-order valence-electron chi connectivity index (χ2n) is 22.0. The molecule has 0 aliphatic carbocycles. The average Bonchev–Trinajstić information content (AvgIpc) is 4.01. The molecule has 362 valence electrons. The molecule has 0 atom stereocenters. The van der Waals surface area contributed by atoms with Gasteiger partial charge in [-0.3, -0.25) is 0 Å². The highest BCUT2D eigenvalue weighted by atomic mass is 32.2. The van der Waals surface area contributed by atoms with Gasteiger partial charge < -0.3 is 9.13 Å². The van der Waals surface area contributed by atoms with Crippen LogP contribution in [0.4, 0.5) is 0 Å². The Morgan fingerprint density at radius 1 is 0.312 bits per heavy atom. The molecule has 0 spiro atoms. The standard InChI is InChI=1S/C72H49BN2S2/c1-72(2,3)48-38-45(37-47(39-48)70-57-27-9-7-25-55(57)69(44-19-5-4-6-20-44)56-26-8-10-28-58(56)70)46-40-67-71-68(41-46)77-66-43-50(75-63-31-17-13-23-53(63)54-24-14-18-32-64(54)75)34-36-60(66)73(71)59-35-33-49(42-65(59)76-67)74-61-29-15-11-21-51(61)52-22-12-16-30-62(52)74/h4-43H,1-3H3. The van der Waals surface area contributed by atoms with Gasteiger partial charge in [0.2, 0.25) is 6.71 Å². The van der Waals surface area contributed by atoms with Crippen molar-refractivity contribution in [2.75, 3.05) is 0 Å². The van der Waals surface area contributed by atoms with E-state index in [1.54, 1.807) is 0 Å². The van der Waals surface area contributed by atoms with Crippen LogP contribution in [0.25, 0.3) is 110 Å². The van der Waals surface area contributed by atoms with E-state index >= 15 is 0 Å². The SMILES string of the molecule is CC(C)(C)c1cc(-c2cc3c4c(c2)Sc2cc(-n5c6ccccc6c6ccccc65)ccc2B4c2ccc(-n4c5ccccc5c5ccccc54)cc2S3)cc(-c2c3ccccc3c(-c3ccccc3)c3ccccc23)c1. The molecule has 5 heteroatoms. The van der Waals surface area contributed by atoms with Gasteiger partial charge in [0.15, 0.2) is 0 Å². The molecule has 2 aromatic heterocycles. The Bertz CT molecular complexity index is 4450. The fourth-order valence-corrected chi connectivity index (χ4v) is 15.6. The summed E-state index contributed by atoms with van der Waals surface area (Å²) in [6, 6.07) is 91.4. The normalized spacial score (nSPS) is 13.0. The van der Waals surface area contributed by atoms with Crippen LogP contribution in [0.3, 0.4) is 0 Å². The van der Waals surface area contributed by atoms with Gasteiger partial charge in [0, 0.05) is 52.5 Å². The highest BCUT2D eigenvalue weighted by molar-refractivity contribution is 8.01. The Morgan fingerprint density at radius 2 is 0.675 bits per heavy atom. The Labute approximate surface area is 456 Å². The molecule has 0 fully saturated rings. The molecule has 0 N–H and O–H groups in total. The first-order valence-corrected chi connectivity index (χ1v) is 28.4. The summed E-state index contributed by atoms with van der Waals surface area (Å²) in [6.07, 6.45) is 0. The molecule has 0 amide bonds. The number of benzene rings is 12. The van der Waals surface area contributed by atoms with Crippen LogP contribution in [-0.4, -0.2) is 15.8 Å². The number of hydrogen-bond donors (Lipinski definition) is 0. The van der Waals surface area contributed by atoms with E-state index in [2.05, 4.69) is 273 Å². The van der Waals surface area contributed by atoms with Gasteiger partial charge in [-0.2, -0.15) is 0 Å². The van der Waals surface area contributed by atoms with Crippen molar-refractivity contribution < 1.29 is 0 Å². The molecule has 77 heavy (non-hydrogen) atoms. The summed E-state index contributed by atoms with van der Waals surface area (Å²) in [5.41, 5.74) is 20.1. The van der Waals surface area contributed by atoms with Crippen molar-refractivity contribution in [1.82, 2.24) is 9.13 Å². The van der Waals surface area contributed by atoms with Gasteiger partial charge in [0.25, 0.3) is 0 Å². The number of nitrogens with zero attached hydrogens (tertiary/aromatic N) is 2. The zero-order valence-corrected chi connectivity index (χ0v) is 44.5. The van der Waals surface area contributed by atoms with Crippen LogP contribution < -0.4 is 16.4 Å². The van der Waals surface area contributed by atoms with E-state index in [0.717, 1.165) is 0 Å². The topological polar surface area (TPSA) is 9.86 Å².